The van der Waals surface area contributed by atoms with Crippen molar-refractivity contribution in [3.05, 3.63) is 65.5 Å². The molecule has 1 aliphatic rings. The first-order chi connectivity index (χ1) is 14.7. The third kappa shape index (κ3) is 4.84. The molecule has 156 valence electrons. The molecule has 4 rings (SSSR count). The van der Waals surface area contributed by atoms with Crippen molar-refractivity contribution >= 4 is 5.91 Å². The van der Waals surface area contributed by atoms with E-state index in [0.717, 1.165) is 24.3 Å². The van der Waals surface area contributed by atoms with Gasteiger partial charge in [-0.1, -0.05) is 30.3 Å². The highest BCUT2D eigenvalue weighted by molar-refractivity contribution is 5.75. The molecule has 1 fully saturated rings. The Kier molecular flexibility index (Phi) is 6.35. The largest absolute Gasteiger partial charge is 0.379 e. The van der Waals surface area contributed by atoms with Crippen molar-refractivity contribution in [2.24, 2.45) is 0 Å². The van der Waals surface area contributed by atoms with Gasteiger partial charge in [-0.15, -0.1) is 5.10 Å². The first kappa shape index (κ1) is 20.0. The van der Waals surface area contributed by atoms with Gasteiger partial charge in [0, 0.05) is 19.3 Å². The molecule has 0 aliphatic carbocycles. The number of aryl methyl sites for hydroxylation is 1. The summed E-state index contributed by atoms with van der Waals surface area (Å²) in [5.74, 6) is 0.438. The molecule has 10 nitrogen and oxygen atoms in total. The van der Waals surface area contributed by atoms with Gasteiger partial charge in [-0.2, -0.15) is 0 Å². The fourth-order valence-electron chi connectivity index (χ4n) is 3.41. The van der Waals surface area contributed by atoms with Gasteiger partial charge in [0.25, 0.3) is 0 Å². The van der Waals surface area contributed by atoms with Crippen LogP contribution in [0.3, 0.4) is 0 Å². The molecular weight excluding hydrogens is 384 g/mol. The van der Waals surface area contributed by atoms with Crippen molar-refractivity contribution in [2.75, 3.05) is 26.3 Å². The van der Waals surface area contributed by atoms with E-state index in [1.54, 1.807) is 17.1 Å². The van der Waals surface area contributed by atoms with Crippen LogP contribution in [0, 0.1) is 6.92 Å². The number of amides is 1. The van der Waals surface area contributed by atoms with Gasteiger partial charge in [0.15, 0.2) is 5.82 Å². The van der Waals surface area contributed by atoms with Gasteiger partial charge in [-0.25, -0.2) is 4.68 Å². The zero-order valence-corrected chi connectivity index (χ0v) is 16.8. The van der Waals surface area contributed by atoms with E-state index >= 15 is 0 Å². The Morgan fingerprint density at radius 2 is 1.97 bits per heavy atom. The summed E-state index contributed by atoms with van der Waals surface area (Å²) in [4.78, 5) is 23.2. The number of tetrazole rings is 1. The summed E-state index contributed by atoms with van der Waals surface area (Å²) < 4.78 is 7.06. The number of hydrogen-bond donors (Lipinski definition) is 1. The van der Waals surface area contributed by atoms with Crippen LogP contribution < -0.4 is 5.32 Å². The number of hydrogen-bond acceptors (Lipinski definition) is 8. The monoisotopic (exact) mass is 408 g/mol. The van der Waals surface area contributed by atoms with E-state index in [0.29, 0.717) is 31.3 Å². The van der Waals surface area contributed by atoms with E-state index in [9.17, 15) is 4.79 Å². The normalized spacial score (nSPS) is 15.6. The van der Waals surface area contributed by atoms with E-state index in [2.05, 4.69) is 47.8 Å². The summed E-state index contributed by atoms with van der Waals surface area (Å²) in [5, 5.41) is 15.0. The lowest BCUT2D eigenvalue weighted by molar-refractivity contribution is -0.122. The summed E-state index contributed by atoms with van der Waals surface area (Å²) in [7, 11) is 0. The molecule has 1 amide bonds. The number of carbonyl (C=O) groups is 1. The van der Waals surface area contributed by atoms with E-state index in [1.807, 2.05) is 25.1 Å². The first-order valence-electron chi connectivity index (χ1n) is 9.88. The average molecular weight is 408 g/mol. The van der Waals surface area contributed by atoms with Crippen molar-refractivity contribution in [3.8, 4) is 0 Å². The third-order valence-electron chi connectivity index (χ3n) is 4.92. The highest BCUT2D eigenvalue weighted by Crippen LogP contribution is 2.27. The number of benzene rings is 1. The first-order valence-corrected chi connectivity index (χ1v) is 9.88. The molecule has 1 saturated heterocycles. The molecule has 2 aromatic heterocycles. The molecule has 1 aliphatic heterocycles. The minimum absolute atomic E-state index is 0.0231. The maximum absolute atomic E-state index is 12.5. The molecule has 30 heavy (non-hydrogen) atoms. The Morgan fingerprint density at radius 1 is 1.17 bits per heavy atom. The Hall–Kier alpha value is -3.24. The molecule has 10 heteroatoms. The molecule has 0 saturated carbocycles. The number of morpholine rings is 1. The van der Waals surface area contributed by atoms with Crippen LogP contribution in [-0.4, -0.2) is 67.3 Å². The molecule has 0 radical (unpaired) electrons. The van der Waals surface area contributed by atoms with Crippen LogP contribution in [0.1, 0.15) is 28.8 Å². The van der Waals surface area contributed by atoms with Gasteiger partial charge in [0.2, 0.25) is 5.91 Å². The van der Waals surface area contributed by atoms with Crippen molar-refractivity contribution in [3.63, 3.8) is 0 Å². The summed E-state index contributed by atoms with van der Waals surface area (Å²) >= 11 is 0. The van der Waals surface area contributed by atoms with Crippen LogP contribution >= 0.6 is 0 Å². The Balaban J connectivity index is 1.49. The van der Waals surface area contributed by atoms with Crippen LogP contribution in [0.2, 0.25) is 0 Å². The average Bonchev–Trinajstić information content (AvgIpc) is 3.22. The zero-order valence-electron chi connectivity index (χ0n) is 16.8. The fraction of sp³-hybridized carbons (Fsp3) is 0.400. The molecule has 1 N–H and O–H groups in total. The Bertz CT molecular complexity index is 954. The van der Waals surface area contributed by atoms with Crippen LogP contribution in [0.4, 0.5) is 0 Å². The molecule has 0 unspecified atom stereocenters. The molecule has 0 bridgehead atoms. The lowest BCUT2D eigenvalue weighted by Crippen LogP contribution is -2.41. The second kappa shape index (κ2) is 9.51. The van der Waals surface area contributed by atoms with Gasteiger partial charge < -0.3 is 10.1 Å². The molecule has 1 aromatic carbocycles. The van der Waals surface area contributed by atoms with E-state index in [-0.39, 0.29) is 18.5 Å². The predicted molar refractivity (Wildman–Crippen MR) is 107 cm³/mol. The smallest absolute Gasteiger partial charge is 0.242 e. The van der Waals surface area contributed by atoms with Crippen LogP contribution in [-0.2, 0) is 22.6 Å². The number of carbonyl (C=O) groups excluding carboxylic acids is 1. The van der Waals surface area contributed by atoms with Crippen molar-refractivity contribution in [1.29, 1.82) is 0 Å². The lowest BCUT2D eigenvalue weighted by Gasteiger charge is -2.33. The number of rotatable bonds is 7. The van der Waals surface area contributed by atoms with Crippen molar-refractivity contribution in [1.82, 2.24) is 40.4 Å². The van der Waals surface area contributed by atoms with Crippen molar-refractivity contribution in [2.45, 2.75) is 26.1 Å². The second-order valence-corrected chi connectivity index (χ2v) is 7.08. The van der Waals surface area contributed by atoms with Crippen LogP contribution in [0.15, 0.2) is 42.7 Å². The van der Waals surface area contributed by atoms with Gasteiger partial charge in [-0.05, 0) is 22.9 Å². The topological polar surface area (TPSA) is 111 Å². The summed E-state index contributed by atoms with van der Waals surface area (Å²) in [6.45, 7) is 5.04. The van der Waals surface area contributed by atoms with E-state index < -0.39 is 0 Å². The maximum atomic E-state index is 12.5. The zero-order chi connectivity index (χ0) is 20.8. The Labute approximate surface area is 174 Å². The highest BCUT2D eigenvalue weighted by Gasteiger charge is 2.29. The number of nitrogens with one attached hydrogen (secondary N) is 1. The van der Waals surface area contributed by atoms with Gasteiger partial charge in [-0.3, -0.25) is 19.7 Å². The van der Waals surface area contributed by atoms with Gasteiger partial charge in [0.05, 0.1) is 43.4 Å². The summed E-state index contributed by atoms with van der Waals surface area (Å²) in [5.41, 5.74) is 2.60. The van der Waals surface area contributed by atoms with Gasteiger partial charge >= 0.3 is 0 Å². The molecular formula is C20H24N8O2. The SMILES string of the molecule is Cc1cnc(CNC(=O)Cn2nnnc2[C@H](c2ccccc2)N2CCOCC2)cn1. The quantitative estimate of drug-likeness (QED) is 0.602. The van der Waals surface area contributed by atoms with Crippen molar-refractivity contribution < 1.29 is 9.53 Å². The molecule has 0 spiro atoms. The predicted octanol–water partition coefficient (Wildman–Crippen LogP) is 0.510. The van der Waals surface area contributed by atoms with E-state index in [4.69, 9.17) is 4.74 Å². The number of aromatic nitrogens is 6. The lowest BCUT2D eigenvalue weighted by atomic mass is 10.0. The third-order valence-corrected chi connectivity index (χ3v) is 4.92. The van der Waals surface area contributed by atoms with Crippen LogP contribution in [0.5, 0.6) is 0 Å². The van der Waals surface area contributed by atoms with E-state index in [1.165, 1.54) is 0 Å². The standard InChI is InChI=1S/C20H24N8O2/c1-15-11-22-17(12-21-15)13-23-18(29)14-28-20(24-25-26-28)19(16-5-3-2-4-6-16)27-7-9-30-10-8-27/h2-6,11-12,19H,7-10,13-14H2,1H3,(H,23,29)/t19-/m0/s1. The summed E-state index contributed by atoms with van der Waals surface area (Å²) in [6, 6.07) is 9.91. The molecule has 3 heterocycles. The minimum atomic E-state index is -0.195. The Morgan fingerprint density at radius 3 is 2.70 bits per heavy atom. The number of nitrogens with zero attached hydrogens (tertiary/aromatic N) is 7. The minimum Gasteiger partial charge on any atom is -0.379 e. The highest BCUT2D eigenvalue weighted by atomic mass is 16.5. The summed E-state index contributed by atoms with van der Waals surface area (Å²) in [6.07, 6.45) is 3.33. The van der Waals surface area contributed by atoms with Gasteiger partial charge in [0.1, 0.15) is 6.54 Å². The number of ether oxygens (including phenoxy) is 1. The molecule has 1 atom stereocenters. The molecule has 3 aromatic rings. The second-order valence-electron chi connectivity index (χ2n) is 7.08. The maximum Gasteiger partial charge on any atom is 0.242 e. The van der Waals surface area contributed by atoms with Crippen LogP contribution in [0.25, 0.3) is 0 Å². The fourth-order valence-corrected chi connectivity index (χ4v) is 3.41.